The van der Waals surface area contributed by atoms with Crippen LogP contribution in [0, 0.1) is 0 Å². The minimum Gasteiger partial charge on any atom is -0.379 e. The first kappa shape index (κ1) is 20.2. The van der Waals surface area contributed by atoms with Crippen LogP contribution in [0.2, 0.25) is 0 Å². The van der Waals surface area contributed by atoms with E-state index < -0.39 is 0 Å². The fraction of sp³-hybridized carbons (Fsp3) is 0.579. The van der Waals surface area contributed by atoms with E-state index in [9.17, 15) is 9.59 Å². The normalized spacial score (nSPS) is 19.7. The van der Waals surface area contributed by atoms with Crippen LogP contribution in [0.3, 0.4) is 0 Å². The van der Waals surface area contributed by atoms with Gasteiger partial charge in [0.15, 0.2) is 0 Å². The van der Waals surface area contributed by atoms with Crippen LogP contribution < -0.4 is 10.2 Å². The first-order valence-corrected chi connectivity index (χ1v) is 8.82. The van der Waals surface area contributed by atoms with E-state index in [0.717, 1.165) is 11.3 Å². The zero-order chi connectivity index (χ0) is 19.1. The van der Waals surface area contributed by atoms with Gasteiger partial charge in [-0.05, 0) is 24.1 Å². The Bertz CT molecular complexity index is 601. The molecule has 1 heterocycles. The zero-order valence-corrected chi connectivity index (χ0v) is 16.0. The maximum atomic E-state index is 12.4. The van der Waals surface area contributed by atoms with Gasteiger partial charge in [-0.2, -0.15) is 0 Å². The van der Waals surface area contributed by atoms with Crippen LogP contribution in [0.15, 0.2) is 24.3 Å². The number of amides is 2. The summed E-state index contributed by atoms with van der Waals surface area (Å²) in [6.07, 6.45) is 0.674. The van der Waals surface area contributed by atoms with E-state index in [2.05, 4.69) is 5.32 Å². The fourth-order valence-corrected chi connectivity index (χ4v) is 2.70. The summed E-state index contributed by atoms with van der Waals surface area (Å²) in [4.78, 5) is 27.6. The lowest BCUT2D eigenvalue weighted by Crippen LogP contribution is -2.51. The first-order valence-electron chi connectivity index (χ1n) is 8.82. The summed E-state index contributed by atoms with van der Waals surface area (Å²) in [7, 11) is 7.33. The van der Waals surface area contributed by atoms with Crippen molar-refractivity contribution in [3.8, 4) is 0 Å². The summed E-state index contributed by atoms with van der Waals surface area (Å²) in [6.45, 7) is 0.937. The maximum absolute atomic E-state index is 12.4. The Kier molecular flexibility index (Phi) is 7.41. The molecule has 1 aromatic carbocycles. The summed E-state index contributed by atoms with van der Waals surface area (Å²) < 4.78 is 11.1. The first-order chi connectivity index (χ1) is 12.4. The molecule has 0 saturated carbocycles. The van der Waals surface area contributed by atoms with Gasteiger partial charge < -0.3 is 24.6 Å². The molecule has 2 atom stereocenters. The third-order valence-corrected chi connectivity index (χ3v) is 4.39. The molecule has 1 fully saturated rings. The second-order valence-electron chi connectivity index (χ2n) is 6.91. The number of anilines is 1. The Labute approximate surface area is 155 Å². The number of likely N-dealkylation sites (N-methyl/N-ethyl adjacent to an activating group) is 1. The van der Waals surface area contributed by atoms with Gasteiger partial charge in [0, 0.05) is 40.5 Å². The van der Waals surface area contributed by atoms with Crippen LogP contribution in [0.5, 0.6) is 0 Å². The predicted octanol–water partition coefficient (Wildman–Crippen LogP) is 0.674. The highest BCUT2D eigenvalue weighted by Crippen LogP contribution is 2.14. The third-order valence-electron chi connectivity index (χ3n) is 4.39. The van der Waals surface area contributed by atoms with Gasteiger partial charge in [-0.3, -0.25) is 9.59 Å². The van der Waals surface area contributed by atoms with Crippen LogP contribution >= 0.6 is 0 Å². The molecular formula is C19H29N3O4. The molecule has 1 aliphatic heterocycles. The molecule has 7 heteroatoms. The molecule has 1 N–H and O–H groups in total. The number of hydrogen-bond donors (Lipinski definition) is 1. The van der Waals surface area contributed by atoms with Gasteiger partial charge in [-0.1, -0.05) is 12.1 Å². The molecule has 0 bridgehead atoms. The summed E-state index contributed by atoms with van der Waals surface area (Å²) >= 11 is 0. The molecule has 144 valence electrons. The quantitative estimate of drug-likeness (QED) is 0.771. The van der Waals surface area contributed by atoms with Crippen molar-refractivity contribution in [2.75, 3.05) is 52.9 Å². The summed E-state index contributed by atoms with van der Waals surface area (Å²) in [5.74, 6) is -0.163. The Balaban J connectivity index is 1.87. The molecule has 0 aromatic heterocycles. The summed E-state index contributed by atoms with van der Waals surface area (Å²) in [5.41, 5.74) is 2.05. The second kappa shape index (κ2) is 9.54. The Morgan fingerprint density at radius 2 is 1.88 bits per heavy atom. The van der Waals surface area contributed by atoms with Crippen molar-refractivity contribution in [1.82, 2.24) is 10.2 Å². The van der Waals surface area contributed by atoms with E-state index >= 15 is 0 Å². The van der Waals surface area contributed by atoms with E-state index in [1.54, 1.807) is 14.1 Å². The monoisotopic (exact) mass is 363 g/mol. The highest BCUT2D eigenvalue weighted by atomic mass is 16.5. The van der Waals surface area contributed by atoms with Gasteiger partial charge in [0.2, 0.25) is 11.8 Å². The van der Waals surface area contributed by atoms with E-state index in [1.165, 1.54) is 4.90 Å². The molecule has 0 aliphatic carbocycles. The minimum atomic E-state index is -0.312. The van der Waals surface area contributed by atoms with Crippen molar-refractivity contribution in [2.45, 2.75) is 25.0 Å². The second-order valence-corrected chi connectivity index (χ2v) is 6.91. The van der Waals surface area contributed by atoms with Crippen LogP contribution in [0.25, 0.3) is 0 Å². The molecule has 1 saturated heterocycles. The van der Waals surface area contributed by atoms with Crippen molar-refractivity contribution in [3.05, 3.63) is 29.8 Å². The van der Waals surface area contributed by atoms with Gasteiger partial charge in [-0.15, -0.1) is 0 Å². The topological polar surface area (TPSA) is 71.1 Å². The zero-order valence-electron chi connectivity index (χ0n) is 16.0. The molecule has 26 heavy (non-hydrogen) atoms. The number of ether oxygens (including phenoxy) is 2. The van der Waals surface area contributed by atoms with Crippen molar-refractivity contribution in [2.24, 2.45) is 0 Å². The number of carbonyl (C=O) groups excluding carboxylic acids is 2. The largest absolute Gasteiger partial charge is 0.379 e. The number of rotatable bonds is 7. The average Bonchev–Trinajstić information content (AvgIpc) is 2.61. The van der Waals surface area contributed by atoms with Crippen molar-refractivity contribution < 1.29 is 19.1 Å². The van der Waals surface area contributed by atoms with Gasteiger partial charge in [0.25, 0.3) is 0 Å². The molecule has 2 rings (SSSR count). The van der Waals surface area contributed by atoms with Crippen LogP contribution in [0.4, 0.5) is 5.69 Å². The number of nitrogens with one attached hydrogen (secondary N) is 1. The lowest BCUT2D eigenvalue weighted by molar-refractivity contribution is -0.141. The maximum Gasteiger partial charge on any atom is 0.248 e. The Hall–Kier alpha value is -2.12. The molecule has 0 unspecified atom stereocenters. The molecule has 7 nitrogen and oxygen atoms in total. The standard InChI is InChI=1S/C19H29N3O4/c1-21(2)15-7-5-14(6-8-15)11-18(23)20-16-9-10-25-12-17(16)26-13-19(24)22(3)4/h5-8,16-17H,9-13H2,1-4H3,(H,20,23)/t16-,17-/m1/s1. The number of carbonyl (C=O) groups is 2. The van der Waals surface area contributed by atoms with Gasteiger partial charge in [-0.25, -0.2) is 0 Å². The van der Waals surface area contributed by atoms with Crippen molar-refractivity contribution in [3.63, 3.8) is 0 Å². The molecule has 0 spiro atoms. The molecule has 1 aliphatic rings. The number of nitrogens with zero attached hydrogens (tertiary/aromatic N) is 2. The summed E-state index contributed by atoms with van der Waals surface area (Å²) in [6, 6.07) is 7.77. The molecule has 1 aromatic rings. The highest BCUT2D eigenvalue weighted by molar-refractivity contribution is 5.79. The SMILES string of the molecule is CN(C)C(=O)CO[C@@H]1COCC[C@H]1NC(=O)Cc1ccc(N(C)C)cc1. The average molecular weight is 363 g/mol. The minimum absolute atomic E-state index is 0.0145. The van der Waals surface area contributed by atoms with E-state index in [4.69, 9.17) is 9.47 Å². The van der Waals surface area contributed by atoms with Crippen LogP contribution in [-0.2, 0) is 25.5 Å². The lowest BCUT2D eigenvalue weighted by atomic mass is 10.0. The highest BCUT2D eigenvalue weighted by Gasteiger charge is 2.28. The van der Waals surface area contributed by atoms with E-state index in [0.29, 0.717) is 26.1 Å². The summed E-state index contributed by atoms with van der Waals surface area (Å²) in [5, 5.41) is 3.03. The van der Waals surface area contributed by atoms with Gasteiger partial charge >= 0.3 is 0 Å². The third kappa shape index (κ3) is 6.00. The van der Waals surface area contributed by atoms with Crippen LogP contribution in [-0.4, -0.2) is 76.9 Å². The fourth-order valence-electron chi connectivity index (χ4n) is 2.70. The van der Waals surface area contributed by atoms with E-state index in [-0.39, 0.29) is 30.6 Å². The predicted molar refractivity (Wildman–Crippen MR) is 100 cm³/mol. The van der Waals surface area contributed by atoms with Crippen molar-refractivity contribution >= 4 is 17.5 Å². The van der Waals surface area contributed by atoms with E-state index in [1.807, 2.05) is 43.3 Å². The van der Waals surface area contributed by atoms with Crippen molar-refractivity contribution in [1.29, 1.82) is 0 Å². The molecule has 2 amide bonds. The number of benzene rings is 1. The smallest absolute Gasteiger partial charge is 0.248 e. The molecular weight excluding hydrogens is 334 g/mol. The Morgan fingerprint density at radius 1 is 1.19 bits per heavy atom. The Morgan fingerprint density at radius 3 is 2.50 bits per heavy atom. The molecule has 0 radical (unpaired) electrons. The van der Waals surface area contributed by atoms with Crippen LogP contribution in [0.1, 0.15) is 12.0 Å². The van der Waals surface area contributed by atoms with Gasteiger partial charge in [0.1, 0.15) is 12.7 Å². The lowest BCUT2D eigenvalue weighted by Gasteiger charge is -2.32. The van der Waals surface area contributed by atoms with Gasteiger partial charge in [0.05, 0.1) is 19.1 Å². The number of hydrogen-bond acceptors (Lipinski definition) is 5.